The van der Waals surface area contributed by atoms with Gasteiger partial charge in [-0.1, -0.05) is 60.2 Å². The Hall–Kier alpha value is -3.64. The maximum absolute atomic E-state index is 12.7. The second kappa shape index (κ2) is 9.02. The number of carbonyl (C=O) groups excluding carboxylic acids is 3. The Morgan fingerprint density at radius 2 is 1.71 bits per heavy atom. The molecule has 0 N–H and O–H groups in total. The van der Waals surface area contributed by atoms with Gasteiger partial charge in [0.25, 0.3) is 11.1 Å². The van der Waals surface area contributed by atoms with Crippen molar-refractivity contribution in [1.82, 2.24) is 4.90 Å². The second-order valence-corrected chi connectivity index (χ2v) is 8.07. The van der Waals surface area contributed by atoms with Gasteiger partial charge in [0.15, 0.2) is 0 Å². The van der Waals surface area contributed by atoms with Gasteiger partial charge in [-0.2, -0.15) is 0 Å². The molecule has 0 bridgehead atoms. The highest BCUT2D eigenvalue weighted by molar-refractivity contribution is 8.18. The van der Waals surface area contributed by atoms with Gasteiger partial charge in [0.05, 0.1) is 17.0 Å². The molecule has 31 heavy (non-hydrogen) atoms. The summed E-state index contributed by atoms with van der Waals surface area (Å²) in [5, 5.41) is -0.304. The summed E-state index contributed by atoms with van der Waals surface area (Å²) >= 11 is 0.905. The van der Waals surface area contributed by atoms with Crippen molar-refractivity contribution in [1.29, 1.82) is 0 Å². The third-order valence-electron chi connectivity index (χ3n) is 4.71. The van der Waals surface area contributed by atoms with E-state index in [0.717, 1.165) is 22.9 Å². The van der Waals surface area contributed by atoms with E-state index in [9.17, 15) is 14.4 Å². The zero-order chi connectivity index (χ0) is 21.8. The number of rotatable bonds is 5. The molecule has 3 aromatic carbocycles. The SMILES string of the molecule is Cc1ccc(C(=O)Oc2cccc(/C=C3\SC(=O)N(Cc4ccccc4)C3=O)c2)cc1. The fourth-order valence-electron chi connectivity index (χ4n) is 3.08. The van der Waals surface area contributed by atoms with Gasteiger partial charge in [-0.05, 0) is 60.2 Å². The monoisotopic (exact) mass is 429 g/mol. The third kappa shape index (κ3) is 4.92. The quantitative estimate of drug-likeness (QED) is 0.307. The number of hydrogen-bond acceptors (Lipinski definition) is 5. The number of imide groups is 1. The minimum absolute atomic E-state index is 0.233. The Morgan fingerprint density at radius 3 is 2.45 bits per heavy atom. The highest BCUT2D eigenvalue weighted by Gasteiger charge is 2.34. The number of hydrogen-bond donors (Lipinski definition) is 0. The number of carbonyl (C=O) groups is 3. The maximum Gasteiger partial charge on any atom is 0.343 e. The zero-order valence-electron chi connectivity index (χ0n) is 16.8. The molecule has 1 aliphatic heterocycles. The standard InChI is InChI=1S/C25H19NO4S/c1-17-10-12-20(13-11-17)24(28)30-21-9-5-8-19(14-21)15-22-23(27)26(25(29)31-22)16-18-6-3-2-4-7-18/h2-15H,16H2,1H3/b22-15-. The van der Waals surface area contributed by atoms with E-state index in [-0.39, 0.29) is 17.7 Å². The van der Waals surface area contributed by atoms with Crippen LogP contribution in [-0.4, -0.2) is 22.0 Å². The molecule has 154 valence electrons. The molecule has 0 radical (unpaired) electrons. The molecule has 0 spiro atoms. The van der Waals surface area contributed by atoms with Crippen LogP contribution in [0.5, 0.6) is 5.75 Å². The van der Waals surface area contributed by atoms with Crippen LogP contribution in [0.1, 0.15) is 27.0 Å². The highest BCUT2D eigenvalue weighted by atomic mass is 32.2. The Balaban J connectivity index is 1.49. The Morgan fingerprint density at radius 1 is 0.968 bits per heavy atom. The molecule has 0 aliphatic carbocycles. The summed E-state index contributed by atoms with van der Waals surface area (Å²) in [5.74, 6) is -0.427. The van der Waals surface area contributed by atoms with E-state index >= 15 is 0 Å². The van der Waals surface area contributed by atoms with E-state index in [0.29, 0.717) is 21.8 Å². The second-order valence-electron chi connectivity index (χ2n) is 7.08. The van der Waals surface area contributed by atoms with Crippen molar-refractivity contribution in [2.45, 2.75) is 13.5 Å². The van der Waals surface area contributed by atoms with Gasteiger partial charge in [-0.15, -0.1) is 0 Å². The van der Waals surface area contributed by atoms with Gasteiger partial charge in [0.2, 0.25) is 0 Å². The van der Waals surface area contributed by atoms with Gasteiger partial charge in [0, 0.05) is 0 Å². The number of aryl methyl sites for hydroxylation is 1. The topological polar surface area (TPSA) is 63.7 Å². The summed E-state index contributed by atoms with van der Waals surface area (Å²) in [5.41, 5.74) is 3.06. The average Bonchev–Trinajstić information content (AvgIpc) is 3.02. The smallest absolute Gasteiger partial charge is 0.343 e. The lowest BCUT2D eigenvalue weighted by Gasteiger charge is -2.12. The predicted octanol–water partition coefficient (Wildman–Crippen LogP) is 5.45. The predicted molar refractivity (Wildman–Crippen MR) is 121 cm³/mol. The zero-order valence-corrected chi connectivity index (χ0v) is 17.6. The van der Waals surface area contributed by atoms with E-state index in [1.165, 1.54) is 4.90 Å². The van der Waals surface area contributed by atoms with E-state index < -0.39 is 5.97 Å². The minimum Gasteiger partial charge on any atom is -0.423 e. The van der Waals surface area contributed by atoms with Gasteiger partial charge in [0.1, 0.15) is 5.75 Å². The Labute approximate surface area is 184 Å². The Kier molecular flexibility index (Phi) is 6.00. The fraction of sp³-hybridized carbons (Fsp3) is 0.0800. The molecule has 4 rings (SSSR count). The number of amides is 2. The molecule has 0 saturated carbocycles. The van der Waals surface area contributed by atoms with Crippen LogP contribution in [0.15, 0.2) is 83.8 Å². The molecule has 0 atom stereocenters. The average molecular weight is 429 g/mol. The summed E-state index contributed by atoms with van der Waals surface area (Å²) in [4.78, 5) is 39.0. The van der Waals surface area contributed by atoms with Gasteiger partial charge in [-0.3, -0.25) is 14.5 Å². The van der Waals surface area contributed by atoms with Crippen molar-refractivity contribution in [2.75, 3.05) is 0 Å². The summed E-state index contributed by atoms with van der Waals surface area (Å²) in [6, 6.07) is 23.3. The van der Waals surface area contributed by atoms with Crippen molar-refractivity contribution >= 4 is 35.0 Å². The number of thioether (sulfide) groups is 1. The molecule has 1 fully saturated rings. The van der Waals surface area contributed by atoms with Crippen LogP contribution in [0.2, 0.25) is 0 Å². The van der Waals surface area contributed by atoms with Crippen molar-refractivity contribution in [3.05, 3.63) is 106 Å². The van der Waals surface area contributed by atoms with Crippen LogP contribution in [0.25, 0.3) is 6.08 Å². The molecule has 1 saturated heterocycles. The number of nitrogens with zero attached hydrogens (tertiary/aromatic N) is 1. The molecule has 3 aromatic rings. The van der Waals surface area contributed by atoms with Gasteiger partial charge >= 0.3 is 5.97 Å². The van der Waals surface area contributed by atoms with Crippen molar-refractivity contribution in [3.63, 3.8) is 0 Å². The normalized spacial score (nSPS) is 14.9. The molecule has 1 aliphatic rings. The van der Waals surface area contributed by atoms with Crippen LogP contribution in [0.3, 0.4) is 0 Å². The Bertz CT molecular complexity index is 1170. The molecule has 0 unspecified atom stereocenters. The van der Waals surface area contributed by atoms with E-state index in [4.69, 9.17) is 4.74 Å². The number of esters is 1. The molecule has 5 nitrogen and oxygen atoms in total. The van der Waals surface area contributed by atoms with Crippen LogP contribution < -0.4 is 4.74 Å². The maximum atomic E-state index is 12.7. The summed E-state index contributed by atoms with van der Waals surface area (Å²) in [7, 11) is 0. The lowest BCUT2D eigenvalue weighted by atomic mass is 10.1. The van der Waals surface area contributed by atoms with E-state index in [1.807, 2.05) is 49.4 Å². The van der Waals surface area contributed by atoms with Crippen molar-refractivity contribution in [3.8, 4) is 5.75 Å². The number of ether oxygens (including phenoxy) is 1. The van der Waals surface area contributed by atoms with Gasteiger partial charge in [-0.25, -0.2) is 4.79 Å². The lowest BCUT2D eigenvalue weighted by molar-refractivity contribution is -0.123. The van der Waals surface area contributed by atoms with Crippen molar-refractivity contribution in [2.24, 2.45) is 0 Å². The first-order valence-electron chi connectivity index (χ1n) is 9.68. The van der Waals surface area contributed by atoms with Crippen LogP contribution in [0, 0.1) is 6.92 Å². The first kappa shape index (κ1) is 20.6. The highest BCUT2D eigenvalue weighted by Crippen LogP contribution is 2.33. The molecule has 6 heteroatoms. The van der Waals surface area contributed by atoms with Crippen LogP contribution in [-0.2, 0) is 11.3 Å². The van der Waals surface area contributed by atoms with Crippen LogP contribution in [0.4, 0.5) is 4.79 Å². The van der Waals surface area contributed by atoms with E-state index in [1.54, 1.807) is 42.5 Å². The molecule has 1 heterocycles. The first-order valence-corrected chi connectivity index (χ1v) is 10.5. The molecular weight excluding hydrogens is 410 g/mol. The molecule has 2 amide bonds. The first-order chi connectivity index (χ1) is 15.0. The lowest BCUT2D eigenvalue weighted by Crippen LogP contribution is -2.27. The summed E-state index contributed by atoms with van der Waals surface area (Å²) in [6.45, 7) is 2.18. The van der Waals surface area contributed by atoms with Gasteiger partial charge < -0.3 is 4.74 Å². The largest absolute Gasteiger partial charge is 0.423 e. The third-order valence-corrected chi connectivity index (χ3v) is 5.62. The molecule has 0 aromatic heterocycles. The summed E-state index contributed by atoms with van der Waals surface area (Å²) in [6.07, 6.45) is 1.64. The molecular formula is C25H19NO4S. The van der Waals surface area contributed by atoms with Crippen molar-refractivity contribution < 1.29 is 19.1 Å². The summed E-state index contributed by atoms with van der Waals surface area (Å²) < 4.78 is 5.46. The number of benzene rings is 3. The minimum atomic E-state index is -0.458. The van der Waals surface area contributed by atoms with Crippen LogP contribution >= 0.6 is 11.8 Å². The van der Waals surface area contributed by atoms with E-state index in [2.05, 4.69) is 0 Å². The fourth-order valence-corrected chi connectivity index (χ4v) is 3.92.